The summed E-state index contributed by atoms with van der Waals surface area (Å²) in [4.78, 5) is 0. The molecule has 4 aromatic carbocycles. The van der Waals surface area contributed by atoms with Crippen LogP contribution in [0.25, 0.3) is 21.9 Å². The first-order valence-corrected chi connectivity index (χ1v) is 15.8. The van der Waals surface area contributed by atoms with E-state index in [1.54, 1.807) is 0 Å². The maximum Gasteiger partial charge on any atom is -1.00 e. The van der Waals surface area contributed by atoms with Gasteiger partial charge in [0.15, 0.2) is 0 Å². The minimum absolute atomic E-state index is 0. The van der Waals surface area contributed by atoms with E-state index < -0.39 is 17.4 Å². The third-order valence-electron chi connectivity index (χ3n) is 8.58. The number of halogens is 2. The van der Waals surface area contributed by atoms with Crippen LogP contribution in [0.3, 0.4) is 0 Å². The van der Waals surface area contributed by atoms with Crippen LogP contribution < -0.4 is 24.8 Å². The Bertz CT molecular complexity index is 1590. The van der Waals surface area contributed by atoms with Gasteiger partial charge in [-0.2, -0.15) is 0 Å². The fourth-order valence-electron chi connectivity index (χ4n) is 6.78. The molecular formula is C36H43Cl2N2Ni. The SMILES string of the molecule is CC(C)c1cccc(C(C)C)c1-c1cc2c3c(cccc3c1)[C](c1c(C(C)C)cccc1C(C)C)([Ni+2](=[NH])=[NH])C2.[Cl-].[Cl-]. The first-order valence-electron chi connectivity index (χ1n) is 14.3. The van der Waals surface area contributed by atoms with Gasteiger partial charge >= 0.3 is 239 Å². The molecule has 0 saturated heterocycles. The Morgan fingerprint density at radius 2 is 1.10 bits per heavy atom. The third-order valence-corrected chi connectivity index (χ3v) is 10.1. The summed E-state index contributed by atoms with van der Waals surface area (Å²) in [5.74, 6) is 1.50. The van der Waals surface area contributed by atoms with E-state index in [1.807, 2.05) is 0 Å². The Labute approximate surface area is 263 Å². The van der Waals surface area contributed by atoms with Gasteiger partial charge in [0.2, 0.25) is 0 Å². The molecule has 41 heavy (non-hydrogen) atoms. The third kappa shape index (κ3) is 5.40. The van der Waals surface area contributed by atoms with Crippen LogP contribution in [0.15, 0.2) is 66.7 Å². The smallest absolute Gasteiger partial charge is 1.00 e. The molecule has 1 aliphatic carbocycles. The predicted molar refractivity (Wildman–Crippen MR) is 162 cm³/mol. The van der Waals surface area contributed by atoms with E-state index in [9.17, 15) is 8.89 Å². The Hall–Kier alpha value is -2.19. The molecule has 0 saturated carbocycles. The van der Waals surface area contributed by atoms with Crippen molar-refractivity contribution in [1.82, 2.24) is 0 Å². The molecule has 0 spiro atoms. The molecule has 0 heterocycles. The molecule has 4 aromatic rings. The maximum atomic E-state index is 9.18. The Kier molecular flexibility index (Phi) is 10.2. The van der Waals surface area contributed by atoms with Crippen LogP contribution in [0.4, 0.5) is 0 Å². The normalized spacial score (nSPS) is 16.2. The number of hydrogen-bond acceptors (Lipinski definition) is 2. The zero-order chi connectivity index (χ0) is 28.2. The zero-order valence-corrected chi connectivity index (χ0v) is 27.9. The van der Waals surface area contributed by atoms with E-state index in [4.69, 9.17) is 0 Å². The fraction of sp³-hybridized carbons (Fsp3) is 0.389. The summed E-state index contributed by atoms with van der Waals surface area (Å²) in [6, 6.07) is 24.8. The average Bonchev–Trinajstić information content (AvgIpc) is 3.24. The molecule has 0 radical (unpaired) electrons. The second-order valence-electron chi connectivity index (χ2n) is 12.4. The largest absolute Gasteiger partial charge is 1.00 e. The van der Waals surface area contributed by atoms with Crippen LogP contribution in [0.1, 0.15) is 118 Å². The Balaban J connectivity index is 0.00000231. The van der Waals surface area contributed by atoms with Crippen molar-refractivity contribution in [2.24, 2.45) is 0 Å². The van der Waals surface area contributed by atoms with Crippen molar-refractivity contribution in [2.75, 3.05) is 0 Å². The number of hydrogen-bond donors (Lipinski definition) is 2. The van der Waals surface area contributed by atoms with Gasteiger partial charge in [0.25, 0.3) is 0 Å². The van der Waals surface area contributed by atoms with Gasteiger partial charge in [-0.15, -0.1) is 0 Å². The summed E-state index contributed by atoms with van der Waals surface area (Å²) in [5.41, 5.74) is 11.7. The average molecular weight is 633 g/mol. The molecule has 1 atom stereocenters. The van der Waals surface area contributed by atoms with Gasteiger partial charge in [0, 0.05) is 0 Å². The van der Waals surface area contributed by atoms with Crippen LogP contribution in [0.5, 0.6) is 0 Å². The topological polar surface area (TPSA) is 47.7 Å². The summed E-state index contributed by atoms with van der Waals surface area (Å²) < 4.78 is 17.7. The molecule has 5 rings (SSSR count). The molecule has 2 nitrogen and oxygen atoms in total. The Morgan fingerprint density at radius 3 is 1.56 bits per heavy atom. The quantitative estimate of drug-likeness (QED) is 0.271. The van der Waals surface area contributed by atoms with E-state index >= 15 is 0 Å². The van der Waals surface area contributed by atoms with Crippen LogP contribution in [0, 0.1) is 8.89 Å². The van der Waals surface area contributed by atoms with Crippen LogP contribution >= 0.6 is 0 Å². The van der Waals surface area contributed by atoms with Crippen molar-refractivity contribution in [3.05, 3.63) is 106 Å². The molecule has 5 heteroatoms. The molecule has 221 valence electrons. The van der Waals surface area contributed by atoms with Gasteiger partial charge < -0.3 is 24.8 Å². The molecule has 1 unspecified atom stereocenters. The van der Waals surface area contributed by atoms with E-state index in [-0.39, 0.29) is 24.8 Å². The van der Waals surface area contributed by atoms with Crippen molar-refractivity contribution in [3.8, 4) is 11.1 Å². The van der Waals surface area contributed by atoms with Crippen molar-refractivity contribution < 1.29 is 37.8 Å². The maximum absolute atomic E-state index is 9.18. The van der Waals surface area contributed by atoms with E-state index in [1.165, 1.54) is 60.8 Å². The van der Waals surface area contributed by atoms with Crippen molar-refractivity contribution >= 4 is 10.8 Å². The molecule has 2 N–H and O–H groups in total. The van der Waals surface area contributed by atoms with E-state index in [0.717, 1.165) is 0 Å². The molecule has 0 fully saturated rings. The minimum Gasteiger partial charge on any atom is -1.00 e. The molecular weight excluding hydrogens is 590 g/mol. The monoisotopic (exact) mass is 631 g/mol. The molecule has 1 aliphatic rings. The van der Waals surface area contributed by atoms with Crippen molar-refractivity contribution in [1.29, 1.82) is 8.89 Å². The fourth-order valence-corrected chi connectivity index (χ4v) is 8.15. The summed E-state index contributed by atoms with van der Waals surface area (Å²) in [6.07, 6.45) is 0.712. The van der Waals surface area contributed by atoms with Crippen LogP contribution in [0.2, 0.25) is 0 Å². The van der Waals surface area contributed by atoms with E-state index in [0.29, 0.717) is 30.1 Å². The standard InChI is InChI=1S/C36H41.2ClH.2HN.Ni/c1-21(2)28-13-10-14-29(22(3)4)35(28)26-18-25-12-9-17-32-33(20-27(19-26)34(25)32)36-30(23(5)6)15-11-16-31(36)24(7)8;;;;;/h9-19,21-24H,20H2,1-8H3;4*1H;/q;;;;;+2/p-2. The Morgan fingerprint density at radius 1 is 0.634 bits per heavy atom. The van der Waals surface area contributed by atoms with Gasteiger partial charge in [0.1, 0.15) is 0 Å². The summed E-state index contributed by atoms with van der Waals surface area (Å²) in [5, 5.41) is 2.50. The van der Waals surface area contributed by atoms with Gasteiger partial charge in [0.05, 0.1) is 0 Å². The summed E-state index contributed by atoms with van der Waals surface area (Å²) >= 11 is -1.53. The van der Waals surface area contributed by atoms with Gasteiger partial charge in [-0.3, -0.25) is 0 Å². The molecule has 0 aromatic heterocycles. The second-order valence-corrected chi connectivity index (χ2v) is 14.0. The molecule has 0 bridgehead atoms. The summed E-state index contributed by atoms with van der Waals surface area (Å²) in [7, 11) is 0. The van der Waals surface area contributed by atoms with Crippen LogP contribution in [-0.4, -0.2) is 0 Å². The molecule has 0 aliphatic heterocycles. The van der Waals surface area contributed by atoms with Gasteiger partial charge in [-0.05, 0) is 0 Å². The first kappa shape index (κ1) is 33.3. The minimum atomic E-state index is -1.53. The number of rotatable bonds is 7. The second kappa shape index (κ2) is 12.6. The summed E-state index contributed by atoms with van der Waals surface area (Å²) in [6.45, 7) is 18.2. The molecule has 0 amide bonds. The number of nitrogens with one attached hydrogen (secondary N) is 2. The van der Waals surface area contributed by atoms with Crippen molar-refractivity contribution in [2.45, 2.75) is 89.9 Å². The van der Waals surface area contributed by atoms with Crippen molar-refractivity contribution in [3.63, 3.8) is 0 Å². The predicted octanol–water partition coefficient (Wildman–Crippen LogP) is 4.95. The van der Waals surface area contributed by atoms with Gasteiger partial charge in [-0.25, -0.2) is 0 Å². The van der Waals surface area contributed by atoms with Gasteiger partial charge in [-0.1, -0.05) is 0 Å². The first-order chi connectivity index (χ1) is 18.5. The zero-order valence-electron chi connectivity index (χ0n) is 25.4. The van der Waals surface area contributed by atoms with E-state index in [2.05, 4.69) is 122 Å². The number of benzene rings is 4. The van der Waals surface area contributed by atoms with Crippen LogP contribution in [-0.2, 0) is 23.8 Å².